The second-order valence-corrected chi connectivity index (χ2v) is 5.87. The number of halogens is 1. The number of aromatic nitrogens is 4. The first-order valence-corrected chi connectivity index (χ1v) is 7.55. The molecule has 0 amide bonds. The summed E-state index contributed by atoms with van der Waals surface area (Å²) in [6, 6.07) is 6.44. The minimum Gasteiger partial charge on any atom is -0.344 e. The summed E-state index contributed by atoms with van der Waals surface area (Å²) in [6.07, 6.45) is 5.70. The van der Waals surface area contributed by atoms with Crippen molar-refractivity contribution in [3.05, 3.63) is 64.9 Å². The first kappa shape index (κ1) is 14.5. The van der Waals surface area contributed by atoms with Crippen molar-refractivity contribution >= 4 is 16.5 Å². The van der Waals surface area contributed by atoms with Crippen LogP contribution in [-0.2, 0) is 13.0 Å². The summed E-state index contributed by atoms with van der Waals surface area (Å²) in [5, 5.41) is 10.1. The van der Waals surface area contributed by atoms with Crippen LogP contribution in [0.4, 0.5) is 9.52 Å². The van der Waals surface area contributed by atoms with E-state index in [0.29, 0.717) is 13.0 Å². The molecule has 112 valence electrons. The van der Waals surface area contributed by atoms with E-state index in [1.54, 1.807) is 30.7 Å². The molecule has 0 aliphatic heterocycles. The van der Waals surface area contributed by atoms with Gasteiger partial charge in [-0.3, -0.25) is 9.97 Å². The Hall–Kier alpha value is -2.41. The fourth-order valence-corrected chi connectivity index (χ4v) is 2.80. The highest BCUT2D eigenvalue weighted by atomic mass is 32.1. The van der Waals surface area contributed by atoms with Gasteiger partial charge in [-0.25, -0.2) is 4.39 Å². The van der Waals surface area contributed by atoms with E-state index < -0.39 is 0 Å². The van der Waals surface area contributed by atoms with Crippen LogP contribution in [0.15, 0.2) is 42.9 Å². The van der Waals surface area contributed by atoms with Crippen LogP contribution in [0.3, 0.4) is 0 Å². The number of benzene rings is 1. The zero-order chi connectivity index (χ0) is 15.4. The predicted molar refractivity (Wildman–Crippen MR) is 83.3 cm³/mol. The molecule has 0 bridgehead atoms. The van der Waals surface area contributed by atoms with Gasteiger partial charge >= 0.3 is 0 Å². The number of hydrogen-bond acceptors (Lipinski definition) is 6. The molecule has 0 spiro atoms. The maximum absolute atomic E-state index is 12.9. The minimum atomic E-state index is -0.231. The van der Waals surface area contributed by atoms with E-state index in [4.69, 9.17) is 0 Å². The lowest BCUT2D eigenvalue weighted by molar-refractivity contribution is 0.627. The Balaban J connectivity index is 1.66. The molecule has 0 atom stereocenters. The van der Waals surface area contributed by atoms with Gasteiger partial charge in [-0.2, -0.15) is 0 Å². The summed E-state index contributed by atoms with van der Waals surface area (Å²) in [4.78, 5) is 10.3. The summed E-state index contributed by atoms with van der Waals surface area (Å²) >= 11 is 1.52. The number of nitrogens with zero attached hydrogens (tertiary/aromatic N) is 5. The molecule has 22 heavy (non-hydrogen) atoms. The Morgan fingerprint density at radius 1 is 1.14 bits per heavy atom. The lowest BCUT2D eigenvalue weighted by atomic mass is 10.2. The van der Waals surface area contributed by atoms with Crippen molar-refractivity contribution in [2.75, 3.05) is 11.9 Å². The second kappa shape index (κ2) is 6.57. The van der Waals surface area contributed by atoms with Crippen molar-refractivity contribution in [3.8, 4) is 0 Å². The number of hydrogen-bond donors (Lipinski definition) is 0. The fraction of sp³-hybridized carbons (Fsp3) is 0.200. The van der Waals surface area contributed by atoms with Crippen LogP contribution in [0.2, 0.25) is 0 Å². The molecular weight excluding hydrogens is 301 g/mol. The first-order chi connectivity index (χ1) is 10.7. The molecule has 0 saturated carbocycles. The molecule has 1 aromatic carbocycles. The summed E-state index contributed by atoms with van der Waals surface area (Å²) in [5.74, 6) is -0.231. The molecule has 0 N–H and O–H groups in total. The number of anilines is 1. The van der Waals surface area contributed by atoms with E-state index in [9.17, 15) is 4.39 Å². The van der Waals surface area contributed by atoms with E-state index in [-0.39, 0.29) is 5.82 Å². The van der Waals surface area contributed by atoms with Crippen molar-refractivity contribution in [1.29, 1.82) is 0 Å². The lowest BCUT2D eigenvalue weighted by Crippen LogP contribution is -2.17. The van der Waals surface area contributed by atoms with Gasteiger partial charge in [0.1, 0.15) is 10.8 Å². The van der Waals surface area contributed by atoms with Crippen LogP contribution in [0, 0.1) is 5.82 Å². The highest BCUT2D eigenvalue weighted by molar-refractivity contribution is 7.15. The van der Waals surface area contributed by atoms with Gasteiger partial charge in [0.05, 0.1) is 18.4 Å². The highest BCUT2D eigenvalue weighted by Gasteiger charge is 2.10. The molecule has 3 rings (SSSR count). The van der Waals surface area contributed by atoms with E-state index in [1.165, 1.54) is 23.5 Å². The van der Waals surface area contributed by atoms with E-state index in [0.717, 1.165) is 21.4 Å². The molecule has 0 radical (unpaired) electrons. The molecule has 3 aromatic rings. The van der Waals surface area contributed by atoms with Gasteiger partial charge in [-0.1, -0.05) is 23.5 Å². The zero-order valence-electron chi connectivity index (χ0n) is 12.0. The molecule has 0 fully saturated rings. The highest BCUT2D eigenvalue weighted by Crippen LogP contribution is 2.22. The maximum atomic E-state index is 12.9. The number of rotatable bonds is 5. The van der Waals surface area contributed by atoms with Crippen molar-refractivity contribution in [1.82, 2.24) is 20.2 Å². The standard InChI is InChI=1S/C15H14FN5S/c1-21(10-13-9-17-6-7-18-13)15-20-19-14(22-15)8-11-2-4-12(16)5-3-11/h2-7,9H,8,10H2,1H3. The van der Waals surface area contributed by atoms with Crippen molar-refractivity contribution in [2.45, 2.75) is 13.0 Å². The quantitative estimate of drug-likeness (QED) is 0.724. The molecule has 7 heteroatoms. The molecule has 2 aromatic heterocycles. The molecular formula is C15H14FN5S. The van der Waals surface area contributed by atoms with Crippen LogP contribution in [0.25, 0.3) is 0 Å². The van der Waals surface area contributed by atoms with Gasteiger partial charge in [0.25, 0.3) is 0 Å². The predicted octanol–water partition coefficient (Wildman–Crippen LogP) is 2.69. The van der Waals surface area contributed by atoms with Gasteiger partial charge < -0.3 is 4.90 Å². The fourth-order valence-electron chi connectivity index (χ4n) is 1.97. The van der Waals surface area contributed by atoms with E-state index >= 15 is 0 Å². The largest absolute Gasteiger partial charge is 0.344 e. The van der Waals surface area contributed by atoms with Gasteiger partial charge in [0.15, 0.2) is 0 Å². The Morgan fingerprint density at radius 3 is 2.68 bits per heavy atom. The van der Waals surface area contributed by atoms with Gasteiger partial charge in [0.2, 0.25) is 5.13 Å². The molecule has 2 heterocycles. The molecule has 0 saturated heterocycles. The average molecular weight is 315 g/mol. The molecule has 0 aliphatic rings. The van der Waals surface area contributed by atoms with Crippen molar-refractivity contribution in [2.24, 2.45) is 0 Å². The van der Waals surface area contributed by atoms with Gasteiger partial charge in [-0.05, 0) is 17.7 Å². The molecule has 0 unspecified atom stereocenters. The third-order valence-corrected chi connectivity index (χ3v) is 4.10. The molecule has 0 aliphatic carbocycles. The topological polar surface area (TPSA) is 54.8 Å². The molecule has 5 nitrogen and oxygen atoms in total. The third-order valence-electron chi connectivity index (χ3n) is 3.07. The SMILES string of the molecule is CN(Cc1cnccn1)c1nnc(Cc2ccc(F)cc2)s1. The van der Waals surface area contributed by atoms with E-state index in [1.807, 2.05) is 11.9 Å². The maximum Gasteiger partial charge on any atom is 0.208 e. The Kier molecular flexibility index (Phi) is 4.34. The monoisotopic (exact) mass is 315 g/mol. The van der Waals surface area contributed by atoms with Crippen molar-refractivity contribution in [3.63, 3.8) is 0 Å². The second-order valence-electron chi connectivity index (χ2n) is 4.83. The van der Waals surface area contributed by atoms with Gasteiger partial charge in [-0.15, -0.1) is 10.2 Å². The minimum absolute atomic E-state index is 0.231. The first-order valence-electron chi connectivity index (χ1n) is 6.73. The summed E-state index contributed by atoms with van der Waals surface area (Å²) in [7, 11) is 1.94. The van der Waals surface area contributed by atoms with Crippen molar-refractivity contribution < 1.29 is 4.39 Å². The summed E-state index contributed by atoms with van der Waals surface area (Å²) in [5.41, 5.74) is 1.89. The zero-order valence-corrected chi connectivity index (χ0v) is 12.8. The Bertz CT molecular complexity index is 729. The average Bonchev–Trinajstić information content (AvgIpc) is 2.99. The Morgan fingerprint density at radius 2 is 1.95 bits per heavy atom. The Labute approximate surface area is 131 Å². The van der Waals surface area contributed by atoms with Crippen LogP contribution in [0.5, 0.6) is 0 Å². The summed E-state index contributed by atoms with van der Waals surface area (Å²) in [6.45, 7) is 0.624. The van der Waals surface area contributed by atoms with E-state index in [2.05, 4.69) is 20.2 Å². The van der Waals surface area contributed by atoms with Crippen LogP contribution in [0.1, 0.15) is 16.3 Å². The van der Waals surface area contributed by atoms with Gasteiger partial charge in [0, 0.05) is 25.9 Å². The summed E-state index contributed by atoms with van der Waals surface area (Å²) < 4.78 is 12.9. The normalized spacial score (nSPS) is 10.6. The van der Waals surface area contributed by atoms with Crippen LogP contribution < -0.4 is 4.90 Å². The smallest absolute Gasteiger partial charge is 0.208 e. The van der Waals surface area contributed by atoms with Crippen LogP contribution >= 0.6 is 11.3 Å². The van der Waals surface area contributed by atoms with Crippen LogP contribution in [-0.4, -0.2) is 27.2 Å². The lowest BCUT2D eigenvalue weighted by Gasteiger charge is -2.13. The third kappa shape index (κ3) is 3.62.